The van der Waals surface area contributed by atoms with E-state index in [0.717, 1.165) is 11.3 Å². The van der Waals surface area contributed by atoms with Crippen LogP contribution in [0, 0.1) is 13.0 Å². The molecule has 0 saturated heterocycles. The van der Waals surface area contributed by atoms with Gasteiger partial charge in [-0.1, -0.05) is 18.2 Å². The third-order valence-corrected chi connectivity index (χ3v) is 1.63. The van der Waals surface area contributed by atoms with Crippen molar-refractivity contribution in [3.63, 3.8) is 0 Å². The minimum Gasteiger partial charge on any atom is -0.493 e. The van der Waals surface area contributed by atoms with Crippen LogP contribution in [0.3, 0.4) is 0 Å². The van der Waals surface area contributed by atoms with E-state index in [9.17, 15) is 0 Å². The molecule has 12 heavy (non-hydrogen) atoms. The molecule has 0 fully saturated rings. The maximum atomic E-state index is 5.38. The Morgan fingerprint density at radius 1 is 1.50 bits per heavy atom. The molecule has 0 spiro atoms. The predicted molar refractivity (Wildman–Crippen MR) is 50.3 cm³/mol. The molecule has 63 valence electrons. The number of rotatable bonds is 3. The third-order valence-electron chi connectivity index (χ3n) is 1.63. The lowest BCUT2D eigenvalue weighted by Gasteiger charge is -2.06. The first-order chi connectivity index (χ1) is 5.77. The molecule has 1 rings (SSSR count). The highest BCUT2D eigenvalue weighted by atomic mass is 16.5. The average molecular weight is 161 g/mol. The smallest absolute Gasteiger partial charge is 0.127 e. The molecule has 0 bridgehead atoms. The SMILES string of the molecule is C=[C]c1cc(C)ccc1OCC. The van der Waals surface area contributed by atoms with Gasteiger partial charge in [-0.05, 0) is 32.1 Å². The zero-order valence-electron chi connectivity index (χ0n) is 7.55. The summed E-state index contributed by atoms with van der Waals surface area (Å²) in [6.07, 6.45) is 2.85. The van der Waals surface area contributed by atoms with Crippen molar-refractivity contribution >= 4 is 0 Å². The predicted octanol–water partition coefficient (Wildman–Crippen LogP) is 2.73. The maximum Gasteiger partial charge on any atom is 0.127 e. The van der Waals surface area contributed by atoms with E-state index in [4.69, 9.17) is 4.74 Å². The van der Waals surface area contributed by atoms with Gasteiger partial charge < -0.3 is 4.74 Å². The van der Waals surface area contributed by atoms with Crippen LogP contribution in [0.1, 0.15) is 18.1 Å². The molecule has 0 unspecified atom stereocenters. The normalized spacial score (nSPS) is 9.50. The molecule has 1 heteroatoms. The molecule has 0 aliphatic rings. The molecule has 0 N–H and O–H groups in total. The fraction of sp³-hybridized carbons (Fsp3) is 0.273. The monoisotopic (exact) mass is 161 g/mol. The number of hydrogen-bond acceptors (Lipinski definition) is 1. The largest absolute Gasteiger partial charge is 0.493 e. The Morgan fingerprint density at radius 2 is 2.25 bits per heavy atom. The van der Waals surface area contributed by atoms with E-state index in [1.807, 2.05) is 32.0 Å². The van der Waals surface area contributed by atoms with Crippen molar-refractivity contribution in [2.24, 2.45) is 0 Å². The minimum atomic E-state index is 0.678. The lowest BCUT2D eigenvalue weighted by atomic mass is 10.1. The summed E-state index contributed by atoms with van der Waals surface area (Å²) in [5.74, 6) is 0.859. The van der Waals surface area contributed by atoms with Crippen LogP contribution < -0.4 is 4.74 Å². The van der Waals surface area contributed by atoms with Gasteiger partial charge in [0.25, 0.3) is 0 Å². The summed E-state index contributed by atoms with van der Waals surface area (Å²) in [6.45, 7) is 8.29. The first-order valence-corrected chi connectivity index (χ1v) is 4.04. The molecule has 0 aliphatic heterocycles. The molecular formula is C11H13O. The number of hydrogen-bond donors (Lipinski definition) is 0. The second-order valence-electron chi connectivity index (χ2n) is 2.61. The highest BCUT2D eigenvalue weighted by Gasteiger charge is 1.98. The molecule has 1 aromatic carbocycles. The summed E-state index contributed by atoms with van der Waals surface area (Å²) in [4.78, 5) is 0. The van der Waals surface area contributed by atoms with Crippen molar-refractivity contribution in [2.45, 2.75) is 13.8 Å². The van der Waals surface area contributed by atoms with Gasteiger partial charge in [0.2, 0.25) is 0 Å². The van der Waals surface area contributed by atoms with Crippen molar-refractivity contribution in [1.82, 2.24) is 0 Å². The summed E-state index contributed by atoms with van der Waals surface area (Å²) >= 11 is 0. The Kier molecular flexibility index (Phi) is 2.92. The van der Waals surface area contributed by atoms with Crippen LogP contribution >= 0.6 is 0 Å². The van der Waals surface area contributed by atoms with Gasteiger partial charge in [0, 0.05) is 5.56 Å². The molecule has 0 aliphatic carbocycles. The molecule has 0 atom stereocenters. The standard InChI is InChI=1S/C11H13O/c1-4-10-8-9(3)6-7-11(10)12-5-2/h6-8H,1,5H2,2-3H3. The first kappa shape index (κ1) is 8.85. The Bertz CT molecular complexity index is 276. The van der Waals surface area contributed by atoms with Gasteiger partial charge in [-0.2, -0.15) is 0 Å². The molecular weight excluding hydrogens is 148 g/mol. The topological polar surface area (TPSA) is 9.23 Å². The fourth-order valence-electron chi connectivity index (χ4n) is 1.06. The molecule has 1 nitrogen and oxygen atoms in total. The Hall–Kier alpha value is -1.24. The Labute approximate surface area is 73.7 Å². The summed E-state index contributed by atoms with van der Waals surface area (Å²) in [5.41, 5.74) is 2.14. The van der Waals surface area contributed by atoms with Gasteiger partial charge in [0.05, 0.1) is 6.61 Å². The number of benzene rings is 1. The van der Waals surface area contributed by atoms with E-state index < -0.39 is 0 Å². The molecule has 0 aromatic heterocycles. The average Bonchev–Trinajstić information content (AvgIpc) is 2.08. The number of aryl methyl sites for hydroxylation is 1. The van der Waals surface area contributed by atoms with E-state index >= 15 is 0 Å². The van der Waals surface area contributed by atoms with Crippen LogP contribution in [0.25, 0.3) is 0 Å². The van der Waals surface area contributed by atoms with Crippen molar-refractivity contribution in [1.29, 1.82) is 0 Å². The van der Waals surface area contributed by atoms with Crippen molar-refractivity contribution < 1.29 is 4.74 Å². The van der Waals surface area contributed by atoms with E-state index in [2.05, 4.69) is 12.7 Å². The summed E-state index contributed by atoms with van der Waals surface area (Å²) in [7, 11) is 0. The van der Waals surface area contributed by atoms with E-state index in [-0.39, 0.29) is 0 Å². The molecule has 1 radical (unpaired) electrons. The zero-order valence-corrected chi connectivity index (χ0v) is 7.55. The molecule has 0 heterocycles. The van der Waals surface area contributed by atoms with Crippen LogP contribution in [-0.4, -0.2) is 6.61 Å². The van der Waals surface area contributed by atoms with E-state index in [1.165, 1.54) is 5.56 Å². The van der Waals surface area contributed by atoms with Crippen molar-refractivity contribution in [2.75, 3.05) is 6.61 Å². The maximum absolute atomic E-state index is 5.38. The van der Waals surface area contributed by atoms with Crippen LogP contribution in [0.4, 0.5) is 0 Å². The minimum absolute atomic E-state index is 0.678. The van der Waals surface area contributed by atoms with E-state index in [1.54, 1.807) is 0 Å². The van der Waals surface area contributed by atoms with Crippen LogP contribution in [0.15, 0.2) is 24.8 Å². The van der Waals surface area contributed by atoms with Crippen LogP contribution in [0.2, 0.25) is 0 Å². The first-order valence-electron chi connectivity index (χ1n) is 4.04. The quantitative estimate of drug-likeness (QED) is 0.662. The lowest BCUT2D eigenvalue weighted by Crippen LogP contribution is -1.94. The van der Waals surface area contributed by atoms with Gasteiger partial charge in [0.1, 0.15) is 5.75 Å². The van der Waals surface area contributed by atoms with Crippen molar-refractivity contribution in [3.8, 4) is 5.75 Å². The summed E-state index contributed by atoms with van der Waals surface area (Å²) in [6, 6.07) is 5.98. The van der Waals surface area contributed by atoms with Gasteiger partial charge in [-0.3, -0.25) is 0 Å². The summed E-state index contributed by atoms with van der Waals surface area (Å²) < 4.78 is 5.38. The van der Waals surface area contributed by atoms with Gasteiger partial charge >= 0.3 is 0 Å². The molecule has 1 aromatic rings. The highest BCUT2D eigenvalue weighted by Crippen LogP contribution is 2.19. The second-order valence-corrected chi connectivity index (χ2v) is 2.61. The second kappa shape index (κ2) is 3.96. The highest BCUT2D eigenvalue weighted by molar-refractivity contribution is 5.40. The fourth-order valence-corrected chi connectivity index (χ4v) is 1.06. The summed E-state index contributed by atoms with van der Waals surface area (Å²) in [5, 5.41) is 0. The zero-order chi connectivity index (χ0) is 8.97. The van der Waals surface area contributed by atoms with Crippen LogP contribution in [-0.2, 0) is 0 Å². The number of ether oxygens (including phenoxy) is 1. The van der Waals surface area contributed by atoms with Crippen LogP contribution in [0.5, 0.6) is 5.75 Å². The molecule has 0 amide bonds. The third kappa shape index (κ3) is 1.88. The lowest BCUT2D eigenvalue weighted by molar-refractivity contribution is 0.338. The Morgan fingerprint density at radius 3 is 2.83 bits per heavy atom. The van der Waals surface area contributed by atoms with Gasteiger partial charge in [-0.15, -0.1) is 0 Å². The van der Waals surface area contributed by atoms with Gasteiger partial charge in [-0.25, -0.2) is 0 Å². The van der Waals surface area contributed by atoms with Gasteiger partial charge in [0.15, 0.2) is 0 Å². The van der Waals surface area contributed by atoms with E-state index in [0.29, 0.717) is 6.61 Å². The molecule has 0 saturated carbocycles. The Balaban J connectivity index is 3.02. The van der Waals surface area contributed by atoms with Crippen molar-refractivity contribution in [3.05, 3.63) is 42.0 Å².